The Labute approximate surface area is 176 Å². The first-order valence-corrected chi connectivity index (χ1v) is 10.4. The summed E-state index contributed by atoms with van der Waals surface area (Å²) < 4.78 is 11.3. The summed E-state index contributed by atoms with van der Waals surface area (Å²) in [5, 5.41) is 7.22. The average Bonchev–Trinajstić information content (AvgIpc) is 3.08. The molecule has 2 amide bonds. The van der Waals surface area contributed by atoms with E-state index in [9.17, 15) is 9.59 Å². The number of rotatable bonds is 8. The van der Waals surface area contributed by atoms with E-state index in [4.69, 9.17) is 9.15 Å². The summed E-state index contributed by atoms with van der Waals surface area (Å²) in [6, 6.07) is 9.14. The summed E-state index contributed by atoms with van der Waals surface area (Å²) in [4.78, 5) is 24.6. The van der Waals surface area contributed by atoms with Gasteiger partial charge in [-0.25, -0.2) is 5.43 Å². The number of nitrogens with one attached hydrogen (secondary N) is 2. The molecule has 0 aliphatic heterocycles. The zero-order chi connectivity index (χ0) is 21.5. The van der Waals surface area contributed by atoms with E-state index in [1.807, 2.05) is 25.1 Å². The molecule has 0 unspecified atom stereocenters. The minimum Gasteiger partial charge on any atom is -0.484 e. The van der Waals surface area contributed by atoms with Crippen LogP contribution in [0, 0.1) is 12.8 Å². The van der Waals surface area contributed by atoms with E-state index in [-0.39, 0.29) is 18.4 Å². The van der Waals surface area contributed by atoms with Crippen molar-refractivity contribution < 1.29 is 18.7 Å². The molecule has 3 rings (SSSR count). The van der Waals surface area contributed by atoms with Gasteiger partial charge in [-0.05, 0) is 44.2 Å². The van der Waals surface area contributed by atoms with E-state index in [1.54, 1.807) is 12.1 Å². The van der Waals surface area contributed by atoms with Gasteiger partial charge in [0.2, 0.25) is 0 Å². The van der Waals surface area contributed by atoms with Gasteiger partial charge >= 0.3 is 0 Å². The van der Waals surface area contributed by atoms with Crippen LogP contribution in [-0.2, 0) is 11.2 Å². The van der Waals surface area contributed by atoms with Crippen molar-refractivity contribution in [1.82, 2.24) is 10.7 Å². The van der Waals surface area contributed by atoms with Crippen molar-refractivity contribution in [1.29, 1.82) is 0 Å². The molecule has 2 N–H and O–H groups in total. The average molecular weight is 412 g/mol. The van der Waals surface area contributed by atoms with Gasteiger partial charge in [0, 0.05) is 24.1 Å². The Kier molecular flexibility index (Phi) is 7.27. The fourth-order valence-corrected chi connectivity index (χ4v) is 3.38. The minimum absolute atomic E-state index is 0.123. The van der Waals surface area contributed by atoms with Crippen LogP contribution >= 0.6 is 0 Å². The molecule has 7 nitrogen and oxygen atoms in total. The molecule has 0 fully saturated rings. The number of furan rings is 1. The van der Waals surface area contributed by atoms with Gasteiger partial charge in [-0.1, -0.05) is 32.0 Å². The molecule has 0 bridgehead atoms. The maximum Gasteiger partial charge on any atom is 0.287 e. The summed E-state index contributed by atoms with van der Waals surface area (Å²) in [6.45, 7) is 6.58. The van der Waals surface area contributed by atoms with Crippen LogP contribution in [0.25, 0.3) is 0 Å². The quantitative estimate of drug-likeness (QED) is 0.649. The summed E-state index contributed by atoms with van der Waals surface area (Å²) in [5.41, 5.74) is 4.88. The normalized spacial score (nSPS) is 14.5. The van der Waals surface area contributed by atoms with E-state index >= 15 is 0 Å². The molecule has 160 valence electrons. The van der Waals surface area contributed by atoms with Gasteiger partial charge in [0.1, 0.15) is 11.5 Å². The first-order chi connectivity index (χ1) is 14.5. The van der Waals surface area contributed by atoms with Gasteiger partial charge < -0.3 is 14.5 Å². The third-order valence-corrected chi connectivity index (χ3v) is 4.97. The highest BCUT2D eigenvalue weighted by Crippen LogP contribution is 2.29. The maximum atomic E-state index is 12.5. The Morgan fingerprint density at radius 1 is 1.20 bits per heavy atom. The summed E-state index contributed by atoms with van der Waals surface area (Å²) in [5.74, 6) is 1.68. The Morgan fingerprint density at radius 3 is 2.70 bits per heavy atom. The van der Waals surface area contributed by atoms with Gasteiger partial charge in [0.15, 0.2) is 12.4 Å². The minimum atomic E-state index is -0.341. The van der Waals surface area contributed by atoms with Crippen LogP contribution in [0.15, 0.2) is 39.9 Å². The molecule has 0 radical (unpaired) electrons. The van der Waals surface area contributed by atoms with E-state index in [0.29, 0.717) is 30.4 Å². The van der Waals surface area contributed by atoms with Crippen LogP contribution in [0.3, 0.4) is 0 Å². The highest BCUT2D eigenvalue weighted by atomic mass is 16.5. The predicted molar refractivity (Wildman–Crippen MR) is 115 cm³/mol. The number of amides is 2. The Balaban J connectivity index is 1.65. The van der Waals surface area contributed by atoms with Crippen LogP contribution in [0.1, 0.15) is 60.6 Å². The third kappa shape index (κ3) is 5.49. The highest BCUT2D eigenvalue weighted by Gasteiger charge is 2.28. The number of benzene rings is 1. The van der Waals surface area contributed by atoms with E-state index in [0.717, 1.165) is 41.9 Å². The molecule has 0 saturated heterocycles. The number of nitrogens with zero attached hydrogens (tertiary/aromatic N) is 1. The first-order valence-electron chi connectivity index (χ1n) is 10.4. The number of carbonyl (C=O) groups excluding carboxylic acids is 2. The number of hydrazone groups is 1. The molecule has 30 heavy (non-hydrogen) atoms. The van der Waals surface area contributed by atoms with Crippen LogP contribution in [-0.4, -0.2) is 30.7 Å². The molecular weight excluding hydrogens is 382 g/mol. The van der Waals surface area contributed by atoms with Gasteiger partial charge in [0.05, 0.1) is 5.71 Å². The van der Waals surface area contributed by atoms with Crippen molar-refractivity contribution in [2.24, 2.45) is 11.0 Å². The third-order valence-electron chi connectivity index (χ3n) is 4.97. The van der Waals surface area contributed by atoms with E-state index in [2.05, 4.69) is 29.7 Å². The van der Waals surface area contributed by atoms with Crippen LogP contribution in [0.2, 0.25) is 0 Å². The lowest BCUT2D eigenvalue weighted by molar-refractivity contribution is -0.123. The monoisotopic (exact) mass is 411 g/mol. The van der Waals surface area contributed by atoms with Crippen LogP contribution in [0.5, 0.6) is 5.75 Å². The summed E-state index contributed by atoms with van der Waals surface area (Å²) in [7, 11) is 0. The fraction of sp³-hybridized carbons (Fsp3) is 0.435. The Hall–Kier alpha value is -3.09. The van der Waals surface area contributed by atoms with Crippen LogP contribution < -0.4 is 15.5 Å². The second-order valence-electron chi connectivity index (χ2n) is 7.84. The van der Waals surface area contributed by atoms with Crippen molar-refractivity contribution in [3.05, 3.63) is 53.0 Å². The van der Waals surface area contributed by atoms with Crippen molar-refractivity contribution in [3.8, 4) is 5.75 Å². The van der Waals surface area contributed by atoms with Crippen LogP contribution in [0.4, 0.5) is 0 Å². The second kappa shape index (κ2) is 10.1. The van der Waals surface area contributed by atoms with E-state index in [1.165, 1.54) is 0 Å². The van der Waals surface area contributed by atoms with E-state index < -0.39 is 0 Å². The summed E-state index contributed by atoms with van der Waals surface area (Å²) in [6.07, 6.45) is 3.22. The molecule has 0 atom stereocenters. The molecule has 1 aromatic carbocycles. The number of aryl methyl sites for hydroxylation is 1. The number of fused-ring (bicyclic) bond motifs is 1. The Bertz CT molecular complexity index is 916. The number of carbonyl (C=O) groups is 2. The predicted octanol–water partition coefficient (Wildman–Crippen LogP) is 3.60. The molecule has 1 aliphatic rings. The lowest BCUT2D eigenvalue weighted by atomic mass is 9.93. The van der Waals surface area contributed by atoms with Crippen molar-refractivity contribution in [3.63, 3.8) is 0 Å². The molecule has 1 heterocycles. The Morgan fingerprint density at radius 2 is 1.97 bits per heavy atom. The molecule has 0 saturated carbocycles. The topological polar surface area (TPSA) is 92.9 Å². The maximum absolute atomic E-state index is 12.5. The fourth-order valence-electron chi connectivity index (χ4n) is 3.38. The smallest absolute Gasteiger partial charge is 0.287 e. The van der Waals surface area contributed by atoms with Crippen molar-refractivity contribution in [2.45, 2.75) is 46.5 Å². The zero-order valence-electron chi connectivity index (χ0n) is 17.8. The molecular formula is C23H29N3O4. The van der Waals surface area contributed by atoms with Gasteiger partial charge in [-0.3, -0.25) is 9.59 Å². The van der Waals surface area contributed by atoms with Gasteiger partial charge in [-0.15, -0.1) is 0 Å². The second-order valence-corrected chi connectivity index (χ2v) is 7.84. The largest absolute Gasteiger partial charge is 0.484 e. The van der Waals surface area contributed by atoms with Gasteiger partial charge in [-0.2, -0.15) is 5.10 Å². The SMILES string of the molecule is Cc1c(C(=O)NCCC(C)C)oc2c1/C(=N/NC(=O)COc1ccccc1)CCC2. The molecule has 0 spiro atoms. The highest BCUT2D eigenvalue weighted by molar-refractivity contribution is 6.06. The lowest BCUT2D eigenvalue weighted by Crippen LogP contribution is -2.27. The standard InChI is InChI=1S/C23H29N3O4/c1-15(2)12-13-24-23(28)22-16(3)21-18(10-7-11-19(21)30-22)25-26-20(27)14-29-17-8-5-4-6-9-17/h4-6,8-9,15H,7,10-14H2,1-3H3,(H,24,28)(H,26,27)/b25-18+. The van der Waals surface area contributed by atoms with Gasteiger partial charge in [0.25, 0.3) is 11.8 Å². The number of hydrogen-bond acceptors (Lipinski definition) is 5. The van der Waals surface area contributed by atoms with Crippen molar-refractivity contribution in [2.75, 3.05) is 13.2 Å². The number of hydrogen-bond donors (Lipinski definition) is 2. The first kappa shape index (κ1) is 21.6. The van der Waals surface area contributed by atoms with Crippen molar-refractivity contribution >= 4 is 17.5 Å². The molecule has 1 aliphatic carbocycles. The lowest BCUT2D eigenvalue weighted by Gasteiger charge is -2.13. The zero-order valence-corrected chi connectivity index (χ0v) is 17.8. The molecule has 1 aromatic heterocycles. The molecule has 7 heteroatoms. The summed E-state index contributed by atoms with van der Waals surface area (Å²) >= 11 is 0. The molecule has 2 aromatic rings. The number of ether oxygens (including phenoxy) is 1. The number of para-hydroxylation sites is 1.